The molecule has 0 amide bonds. The van der Waals surface area contributed by atoms with Crippen molar-refractivity contribution in [2.45, 2.75) is 25.0 Å². The first-order valence-corrected chi connectivity index (χ1v) is 7.44. The van der Waals surface area contributed by atoms with Crippen molar-refractivity contribution in [2.75, 3.05) is 0 Å². The van der Waals surface area contributed by atoms with Gasteiger partial charge in [-0.25, -0.2) is 0 Å². The summed E-state index contributed by atoms with van der Waals surface area (Å²) in [6, 6.07) is 0. The van der Waals surface area contributed by atoms with Crippen molar-refractivity contribution in [1.82, 2.24) is 0 Å². The van der Waals surface area contributed by atoms with Gasteiger partial charge >= 0.3 is 0 Å². The largest absolute Gasteiger partial charge is 0.374 e. The quantitative estimate of drug-likeness (QED) is 0.577. The van der Waals surface area contributed by atoms with Gasteiger partial charge in [0.1, 0.15) is 0 Å². The standard InChI is InChI=1S/C16H18O/c1-2-8-5-7(1)11-12(8)16-14-10-4-3-9(6-10)13(14)15(11)17-16/h1-4,7-16H,5-6H2/t7-,8+,9+,10-,11-,12+,13+,14-,15?,16?. The van der Waals surface area contributed by atoms with Crippen molar-refractivity contribution < 1.29 is 4.74 Å². The average Bonchev–Trinajstić information content (AvgIpc) is 3.14. The van der Waals surface area contributed by atoms with Crippen LogP contribution in [0.1, 0.15) is 12.8 Å². The van der Waals surface area contributed by atoms with Crippen molar-refractivity contribution in [3.8, 4) is 0 Å². The Kier molecular flexibility index (Phi) is 1.22. The van der Waals surface area contributed by atoms with Gasteiger partial charge in [-0.1, -0.05) is 24.3 Å². The minimum Gasteiger partial charge on any atom is -0.374 e. The van der Waals surface area contributed by atoms with Crippen LogP contribution in [0.3, 0.4) is 0 Å². The highest BCUT2D eigenvalue weighted by molar-refractivity contribution is 5.28. The van der Waals surface area contributed by atoms with Gasteiger partial charge in [-0.15, -0.1) is 0 Å². The molecule has 2 unspecified atom stereocenters. The van der Waals surface area contributed by atoms with Crippen molar-refractivity contribution >= 4 is 0 Å². The number of hydrogen-bond acceptors (Lipinski definition) is 1. The minimum absolute atomic E-state index is 0.634. The lowest BCUT2D eigenvalue weighted by Gasteiger charge is -2.39. The third-order valence-electron chi connectivity index (χ3n) is 7.00. The van der Waals surface area contributed by atoms with Gasteiger partial charge in [-0.3, -0.25) is 0 Å². The summed E-state index contributed by atoms with van der Waals surface area (Å²) in [6.07, 6.45) is 14.2. The molecule has 0 N–H and O–H groups in total. The fraction of sp³-hybridized carbons (Fsp3) is 0.750. The van der Waals surface area contributed by atoms with Crippen LogP contribution in [0.5, 0.6) is 0 Å². The molecule has 0 aromatic carbocycles. The van der Waals surface area contributed by atoms with Crippen LogP contribution in [0.4, 0.5) is 0 Å². The topological polar surface area (TPSA) is 9.23 Å². The summed E-state index contributed by atoms with van der Waals surface area (Å²) in [5, 5.41) is 0. The van der Waals surface area contributed by atoms with Crippen molar-refractivity contribution in [2.24, 2.45) is 47.3 Å². The zero-order valence-electron chi connectivity index (χ0n) is 9.91. The second-order valence-corrected chi connectivity index (χ2v) is 7.27. The lowest BCUT2D eigenvalue weighted by Crippen LogP contribution is -2.43. The molecule has 10 atom stereocenters. The van der Waals surface area contributed by atoms with Crippen molar-refractivity contribution in [1.29, 1.82) is 0 Å². The number of fused-ring (bicyclic) bond motifs is 16. The van der Waals surface area contributed by atoms with Crippen LogP contribution in [-0.2, 0) is 4.74 Å². The lowest BCUT2D eigenvalue weighted by atomic mass is 9.62. The van der Waals surface area contributed by atoms with Crippen LogP contribution in [0.2, 0.25) is 0 Å². The van der Waals surface area contributed by atoms with Crippen molar-refractivity contribution in [3.05, 3.63) is 24.3 Å². The Morgan fingerprint density at radius 3 is 1.29 bits per heavy atom. The summed E-state index contributed by atoms with van der Waals surface area (Å²) in [7, 11) is 0. The van der Waals surface area contributed by atoms with Crippen LogP contribution in [0.25, 0.3) is 0 Å². The van der Waals surface area contributed by atoms with Crippen molar-refractivity contribution in [3.63, 3.8) is 0 Å². The molecule has 6 rings (SSSR count). The Bertz CT molecular complexity index is 386. The van der Waals surface area contributed by atoms with Gasteiger partial charge in [0.05, 0.1) is 12.2 Å². The van der Waals surface area contributed by atoms with Gasteiger partial charge in [0.15, 0.2) is 0 Å². The van der Waals surface area contributed by atoms with E-state index in [9.17, 15) is 0 Å². The molecule has 4 aliphatic carbocycles. The average molecular weight is 226 g/mol. The summed E-state index contributed by atoms with van der Waals surface area (Å²) in [4.78, 5) is 0. The highest BCUT2D eigenvalue weighted by Crippen LogP contribution is 2.69. The Balaban J connectivity index is 1.51. The maximum absolute atomic E-state index is 6.49. The Morgan fingerprint density at radius 1 is 0.588 bits per heavy atom. The molecular weight excluding hydrogens is 208 g/mol. The van der Waals surface area contributed by atoms with Gasteiger partial charge < -0.3 is 4.74 Å². The predicted octanol–water partition coefficient (Wildman–Crippen LogP) is 2.64. The predicted molar refractivity (Wildman–Crippen MR) is 64.1 cm³/mol. The van der Waals surface area contributed by atoms with Crippen LogP contribution < -0.4 is 0 Å². The lowest BCUT2D eigenvalue weighted by molar-refractivity contribution is 0.0474. The molecular formula is C16H18O. The van der Waals surface area contributed by atoms with E-state index >= 15 is 0 Å². The molecule has 0 aromatic heterocycles. The molecule has 2 heterocycles. The maximum Gasteiger partial charge on any atom is 0.0654 e. The van der Waals surface area contributed by atoms with Gasteiger partial charge in [-0.05, 0) is 60.2 Å². The van der Waals surface area contributed by atoms with Gasteiger partial charge in [-0.2, -0.15) is 0 Å². The summed E-state index contributed by atoms with van der Waals surface area (Å²) in [5.74, 6) is 7.14. The van der Waals surface area contributed by atoms with Crippen LogP contribution in [0, 0.1) is 47.3 Å². The molecule has 88 valence electrons. The first-order chi connectivity index (χ1) is 8.42. The monoisotopic (exact) mass is 226 g/mol. The Labute approximate surface area is 102 Å². The van der Waals surface area contributed by atoms with E-state index in [1.54, 1.807) is 0 Å². The smallest absolute Gasteiger partial charge is 0.0654 e. The van der Waals surface area contributed by atoms with E-state index in [0.29, 0.717) is 12.2 Å². The zero-order valence-corrected chi connectivity index (χ0v) is 9.91. The number of hydrogen-bond donors (Lipinski definition) is 0. The van der Waals surface area contributed by atoms with E-state index in [4.69, 9.17) is 4.74 Å². The zero-order chi connectivity index (χ0) is 10.7. The van der Waals surface area contributed by atoms with E-state index in [1.807, 2.05) is 0 Å². The fourth-order valence-corrected chi connectivity index (χ4v) is 6.71. The van der Waals surface area contributed by atoms with Gasteiger partial charge in [0, 0.05) is 0 Å². The molecule has 1 nitrogen and oxygen atoms in total. The molecule has 6 aliphatic rings. The van der Waals surface area contributed by atoms with E-state index in [0.717, 1.165) is 47.3 Å². The highest BCUT2D eigenvalue weighted by Gasteiger charge is 2.70. The highest BCUT2D eigenvalue weighted by atomic mass is 16.5. The van der Waals surface area contributed by atoms with Crippen LogP contribution in [0.15, 0.2) is 24.3 Å². The van der Waals surface area contributed by atoms with Gasteiger partial charge in [0.2, 0.25) is 0 Å². The molecule has 4 fully saturated rings. The first-order valence-electron chi connectivity index (χ1n) is 7.44. The number of ether oxygens (including phenoxy) is 1. The molecule has 2 saturated carbocycles. The third kappa shape index (κ3) is 0.739. The molecule has 2 saturated heterocycles. The van der Waals surface area contributed by atoms with Gasteiger partial charge in [0.25, 0.3) is 0 Å². The molecule has 1 heteroatoms. The molecule has 6 bridgehead atoms. The normalized spacial score (nSPS) is 71.5. The molecule has 0 spiro atoms. The Hall–Kier alpha value is -0.560. The second-order valence-electron chi connectivity index (χ2n) is 7.27. The summed E-state index contributed by atoms with van der Waals surface area (Å²) in [6.45, 7) is 0. The van der Waals surface area contributed by atoms with E-state index in [-0.39, 0.29) is 0 Å². The Morgan fingerprint density at radius 2 is 0.941 bits per heavy atom. The van der Waals surface area contributed by atoms with E-state index < -0.39 is 0 Å². The van der Waals surface area contributed by atoms with E-state index in [2.05, 4.69) is 24.3 Å². The molecule has 0 aromatic rings. The SMILES string of the molecule is C1=C[C@H]2C[C@@H]1[C@H]1C3OC([C@H]12)[C@H]1[C@@H]3[C@H]2C=C[C@@H]1C2. The fourth-order valence-electron chi connectivity index (χ4n) is 6.71. The maximum atomic E-state index is 6.49. The molecule has 17 heavy (non-hydrogen) atoms. The molecule has 2 aliphatic heterocycles. The third-order valence-corrected chi connectivity index (χ3v) is 7.00. The second kappa shape index (κ2) is 2.42. The first kappa shape index (κ1) is 8.53. The number of allylic oxidation sites excluding steroid dienone is 4. The van der Waals surface area contributed by atoms with Crippen LogP contribution in [-0.4, -0.2) is 12.2 Å². The van der Waals surface area contributed by atoms with E-state index in [1.165, 1.54) is 12.8 Å². The summed E-state index contributed by atoms with van der Waals surface area (Å²) in [5.41, 5.74) is 0. The summed E-state index contributed by atoms with van der Waals surface area (Å²) < 4.78 is 6.49. The molecule has 0 radical (unpaired) electrons. The minimum atomic E-state index is 0.634. The number of rotatable bonds is 0. The summed E-state index contributed by atoms with van der Waals surface area (Å²) >= 11 is 0. The van der Waals surface area contributed by atoms with Crippen LogP contribution >= 0.6 is 0 Å².